The van der Waals surface area contributed by atoms with E-state index < -0.39 is 12.3 Å². The second-order valence-electron chi connectivity index (χ2n) is 2.62. The van der Waals surface area contributed by atoms with Crippen molar-refractivity contribution in [2.45, 2.75) is 25.2 Å². The van der Waals surface area contributed by atoms with Crippen LogP contribution >= 0.6 is 0 Å². The van der Waals surface area contributed by atoms with Crippen LogP contribution in [0.2, 0.25) is 0 Å². The Morgan fingerprint density at radius 2 is 2.15 bits per heavy atom. The molecule has 1 heterocycles. The summed E-state index contributed by atoms with van der Waals surface area (Å²) in [6.45, 7) is 0.0632. The predicted molar refractivity (Wildman–Crippen MR) is 38.9 cm³/mol. The molecule has 0 saturated carbocycles. The molecular weight excluding hydrogens is 185 g/mol. The molecule has 74 valence electrons. The maximum Gasteiger partial charge on any atom is 0.414 e. The van der Waals surface area contributed by atoms with Gasteiger partial charge in [-0.2, -0.15) is 18.3 Å². The molecule has 0 bridgehead atoms. The van der Waals surface area contributed by atoms with E-state index in [0.29, 0.717) is 0 Å². The lowest BCUT2D eigenvalue weighted by Gasteiger charge is -2.13. The molecule has 3 nitrogen and oxygen atoms in total. The van der Waals surface area contributed by atoms with E-state index in [1.165, 1.54) is 10.9 Å². The largest absolute Gasteiger partial charge is 0.414 e. The topological polar surface area (TPSA) is 38.0 Å². The first-order chi connectivity index (χ1) is 6.00. The van der Waals surface area contributed by atoms with Crippen LogP contribution in [0.3, 0.4) is 0 Å². The monoisotopic (exact) mass is 194 g/mol. The number of hydrogen-bond donors (Lipinski definition) is 1. The smallest absolute Gasteiger partial charge is 0.384 e. The maximum absolute atomic E-state index is 11.8. The van der Waals surface area contributed by atoms with Gasteiger partial charge in [-0.15, -0.1) is 0 Å². The molecule has 1 N–H and O–H groups in total. The Hall–Kier alpha value is -1.04. The minimum Gasteiger partial charge on any atom is -0.384 e. The van der Waals surface area contributed by atoms with Gasteiger partial charge in [-0.3, -0.25) is 4.68 Å². The van der Waals surface area contributed by atoms with Gasteiger partial charge in [-0.1, -0.05) is 0 Å². The van der Waals surface area contributed by atoms with Crippen LogP contribution < -0.4 is 0 Å². The Morgan fingerprint density at radius 3 is 2.62 bits per heavy atom. The van der Waals surface area contributed by atoms with Gasteiger partial charge < -0.3 is 5.11 Å². The fourth-order valence-corrected chi connectivity index (χ4v) is 0.851. The normalized spacial score (nSPS) is 14.5. The van der Waals surface area contributed by atoms with E-state index in [9.17, 15) is 13.2 Å². The standard InChI is InChI=1S/C7H9F3N2O/c8-7(9,10)6(13)2-5-12-4-1-3-11-12/h1,3-4,6,13H,2,5H2/t6-/m1/s1. The van der Waals surface area contributed by atoms with E-state index in [2.05, 4.69) is 5.10 Å². The highest BCUT2D eigenvalue weighted by molar-refractivity contribution is 4.78. The third kappa shape index (κ3) is 3.06. The van der Waals surface area contributed by atoms with Gasteiger partial charge in [0.15, 0.2) is 6.10 Å². The second kappa shape index (κ2) is 3.78. The maximum atomic E-state index is 11.8. The molecule has 0 unspecified atom stereocenters. The summed E-state index contributed by atoms with van der Waals surface area (Å²) in [6.07, 6.45) is -4.15. The minimum atomic E-state index is -4.53. The lowest BCUT2D eigenvalue weighted by molar-refractivity contribution is -0.206. The molecule has 1 rings (SSSR count). The summed E-state index contributed by atoms with van der Waals surface area (Å²) in [5.41, 5.74) is 0. The summed E-state index contributed by atoms with van der Waals surface area (Å²) >= 11 is 0. The number of hydrogen-bond acceptors (Lipinski definition) is 2. The lowest BCUT2D eigenvalue weighted by Crippen LogP contribution is -2.29. The summed E-state index contributed by atoms with van der Waals surface area (Å²) in [4.78, 5) is 0. The predicted octanol–water partition coefficient (Wildman–Crippen LogP) is 1.20. The molecule has 0 spiro atoms. The fourth-order valence-electron chi connectivity index (χ4n) is 0.851. The molecule has 0 aliphatic heterocycles. The number of alkyl halides is 3. The van der Waals surface area contributed by atoms with Crippen molar-refractivity contribution in [1.82, 2.24) is 9.78 Å². The van der Waals surface area contributed by atoms with Crippen molar-refractivity contribution in [2.24, 2.45) is 0 Å². The zero-order valence-corrected chi connectivity index (χ0v) is 6.70. The molecule has 0 fully saturated rings. The number of halogens is 3. The van der Waals surface area contributed by atoms with Gasteiger partial charge in [-0.05, 0) is 6.07 Å². The second-order valence-corrected chi connectivity index (χ2v) is 2.62. The average Bonchev–Trinajstić information content (AvgIpc) is 2.50. The SMILES string of the molecule is O[C@H](CCn1cccn1)C(F)(F)F. The third-order valence-corrected chi connectivity index (χ3v) is 1.57. The van der Waals surface area contributed by atoms with Crippen LogP contribution in [-0.2, 0) is 6.54 Å². The van der Waals surface area contributed by atoms with Crippen molar-refractivity contribution in [3.05, 3.63) is 18.5 Å². The van der Waals surface area contributed by atoms with E-state index >= 15 is 0 Å². The summed E-state index contributed by atoms with van der Waals surface area (Å²) in [5.74, 6) is 0. The van der Waals surface area contributed by atoms with Crippen LogP contribution in [0.25, 0.3) is 0 Å². The first-order valence-electron chi connectivity index (χ1n) is 3.72. The number of aromatic nitrogens is 2. The molecule has 0 radical (unpaired) electrons. The number of rotatable bonds is 3. The first kappa shape index (κ1) is 10.0. The van der Waals surface area contributed by atoms with Gasteiger partial charge in [0.2, 0.25) is 0 Å². The van der Waals surface area contributed by atoms with Gasteiger partial charge in [0, 0.05) is 25.4 Å². The van der Waals surface area contributed by atoms with Crippen molar-refractivity contribution in [3.63, 3.8) is 0 Å². The van der Waals surface area contributed by atoms with E-state index in [1.54, 1.807) is 12.3 Å². The molecule has 0 aromatic carbocycles. The van der Waals surface area contributed by atoms with Crippen molar-refractivity contribution in [3.8, 4) is 0 Å². The van der Waals surface area contributed by atoms with Gasteiger partial charge >= 0.3 is 6.18 Å². The molecule has 1 aromatic rings. The fraction of sp³-hybridized carbons (Fsp3) is 0.571. The molecule has 0 aliphatic rings. The summed E-state index contributed by atoms with van der Waals surface area (Å²) in [5, 5.41) is 12.3. The van der Waals surface area contributed by atoms with Gasteiger partial charge in [0.05, 0.1) is 0 Å². The Balaban J connectivity index is 2.35. The van der Waals surface area contributed by atoms with Crippen molar-refractivity contribution in [2.75, 3.05) is 0 Å². The summed E-state index contributed by atoms with van der Waals surface area (Å²) in [7, 11) is 0. The lowest BCUT2D eigenvalue weighted by atomic mass is 10.2. The molecular formula is C7H9F3N2O. The minimum absolute atomic E-state index is 0.0632. The highest BCUT2D eigenvalue weighted by Crippen LogP contribution is 2.22. The van der Waals surface area contributed by atoms with E-state index in [-0.39, 0.29) is 13.0 Å². The van der Waals surface area contributed by atoms with Crippen molar-refractivity contribution < 1.29 is 18.3 Å². The van der Waals surface area contributed by atoms with Crippen LogP contribution in [0.5, 0.6) is 0 Å². The molecule has 0 saturated heterocycles. The van der Waals surface area contributed by atoms with Crippen molar-refractivity contribution >= 4 is 0 Å². The number of aliphatic hydroxyl groups is 1. The number of aryl methyl sites for hydroxylation is 1. The summed E-state index contributed by atoms with van der Waals surface area (Å²) < 4.78 is 36.7. The quantitative estimate of drug-likeness (QED) is 0.785. The Bertz CT molecular complexity index is 245. The highest BCUT2D eigenvalue weighted by atomic mass is 19.4. The summed E-state index contributed by atoms with van der Waals surface area (Å²) in [6, 6.07) is 1.61. The third-order valence-electron chi connectivity index (χ3n) is 1.57. The highest BCUT2D eigenvalue weighted by Gasteiger charge is 2.37. The van der Waals surface area contributed by atoms with E-state index in [0.717, 1.165) is 0 Å². The average molecular weight is 194 g/mol. The molecule has 6 heteroatoms. The first-order valence-corrected chi connectivity index (χ1v) is 3.72. The zero-order chi connectivity index (χ0) is 9.90. The van der Waals surface area contributed by atoms with Crippen LogP contribution in [-0.4, -0.2) is 27.2 Å². The van der Waals surface area contributed by atoms with Gasteiger partial charge in [0.1, 0.15) is 0 Å². The molecule has 0 amide bonds. The Labute approximate surface area is 72.8 Å². The number of nitrogens with zero attached hydrogens (tertiary/aromatic N) is 2. The van der Waals surface area contributed by atoms with E-state index in [4.69, 9.17) is 5.11 Å². The van der Waals surface area contributed by atoms with Crippen LogP contribution in [0.1, 0.15) is 6.42 Å². The molecule has 13 heavy (non-hydrogen) atoms. The molecule has 1 atom stereocenters. The van der Waals surface area contributed by atoms with Crippen LogP contribution in [0.15, 0.2) is 18.5 Å². The van der Waals surface area contributed by atoms with Crippen LogP contribution in [0.4, 0.5) is 13.2 Å². The van der Waals surface area contributed by atoms with Crippen molar-refractivity contribution in [1.29, 1.82) is 0 Å². The van der Waals surface area contributed by atoms with Gasteiger partial charge in [-0.25, -0.2) is 0 Å². The molecule has 0 aliphatic carbocycles. The van der Waals surface area contributed by atoms with E-state index in [1.807, 2.05) is 0 Å². The molecule has 1 aromatic heterocycles. The Kier molecular flexibility index (Phi) is 2.92. The zero-order valence-electron chi connectivity index (χ0n) is 6.70. The van der Waals surface area contributed by atoms with Crippen LogP contribution in [0, 0.1) is 0 Å². The Morgan fingerprint density at radius 1 is 1.46 bits per heavy atom. The number of aliphatic hydroxyl groups excluding tert-OH is 1. The van der Waals surface area contributed by atoms with Gasteiger partial charge in [0.25, 0.3) is 0 Å².